The molecule has 0 saturated heterocycles. The lowest BCUT2D eigenvalue weighted by molar-refractivity contribution is -0.117. The van der Waals surface area contributed by atoms with Gasteiger partial charge in [-0.1, -0.05) is 22.3 Å². The number of unbranched alkanes of at least 4 members (excludes halogenated alkanes) is 4. The SMILES string of the molecule is C.C.C.CCO.[2H]C(C)(O)CCCCn1c(=O)c2c(ncn2C([2H])([2H])[2H])n(C)c1=O.[2H]C([2H])([2H])n1cnc2c1c(=O)n(CCCCC(C)=O)c(=O)n2C.[2H]C([2H])([2H])n1cnc2c1c(=O)n(CCCC[C@@]([2H])(C)O)c(=O)n2C.[2H]C([2H])([2H])n1cnc2c1c(=O)n(CCCC[C@]([2H])(C)O)c(=O)n2C. The molecular weight excluding hydrogens is 1120 g/mol. The van der Waals surface area contributed by atoms with E-state index in [2.05, 4.69) is 19.9 Å². The van der Waals surface area contributed by atoms with Gasteiger partial charge in [0.05, 0.1) is 47.7 Å². The number of carbonyl (C=O) groups is 1. The first-order chi connectivity index (χ1) is 44.9. The van der Waals surface area contributed by atoms with Crippen molar-refractivity contribution >= 4 is 50.4 Å². The Morgan fingerprint density at radius 2 is 0.663 bits per heavy atom. The van der Waals surface area contributed by atoms with Crippen LogP contribution in [0.2, 0.25) is 0 Å². The second-order valence-electron chi connectivity index (χ2n) is 19.4. The van der Waals surface area contributed by atoms with E-state index in [1.165, 1.54) is 55.9 Å². The lowest BCUT2D eigenvalue weighted by atomic mass is 10.2. The summed E-state index contributed by atoms with van der Waals surface area (Å²) in [5, 5.41) is 35.7. The lowest BCUT2D eigenvalue weighted by Gasteiger charge is -2.09. The number of carbonyl (C=O) groups excluding carboxylic acids is 1. The van der Waals surface area contributed by atoms with E-state index >= 15 is 0 Å². The van der Waals surface area contributed by atoms with Gasteiger partial charge in [0.15, 0.2) is 44.7 Å². The molecule has 29 nitrogen and oxygen atoms in total. The van der Waals surface area contributed by atoms with Crippen LogP contribution in [0.25, 0.3) is 44.7 Å². The van der Waals surface area contributed by atoms with Crippen LogP contribution in [0.15, 0.2) is 63.7 Å². The predicted molar refractivity (Wildman–Crippen MR) is 335 cm³/mol. The smallest absolute Gasteiger partial charge is 0.332 e. The fraction of sp³-hybridized carbons (Fsp3) is 0.632. The number of hydrogen-bond acceptors (Lipinski definition) is 17. The number of nitrogens with zero attached hydrogens (tertiary/aromatic N) is 16. The molecule has 482 valence electrons. The monoisotopic (exact) mass is 1230 g/mol. The van der Waals surface area contributed by atoms with E-state index in [-0.39, 0.29) is 125 Å². The number of rotatable bonds is 20. The van der Waals surface area contributed by atoms with Gasteiger partial charge in [0, 0.05) is 112 Å². The highest BCUT2D eigenvalue weighted by Gasteiger charge is 2.18. The Morgan fingerprint density at radius 3 is 0.849 bits per heavy atom. The number of aromatic nitrogens is 16. The zero-order valence-corrected chi connectivity index (χ0v) is 47.9. The third-order valence-electron chi connectivity index (χ3n) is 12.8. The summed E-state index contributed by atoms with van der Waals surface area (Å²) in [5.41, 5.74) is -5.58. The van der Waals surface area contributed by atoms with Gasteiger partial charge in [0.1, 0.15) is 5.78 Å². The molecule has 0 saturated carbocycles. The molecule has 3 atom stereocenters. The zero-order valence-electron chi connectivity index (χ0n) is 62.9. The van der Waals surface area contributed by atoms with Crippen molar-refractivity contribution in [3.8, 4) is 0 Å². The second-order valence-corrected chi connectivity index (χ2v) is 19.4. The van der Waals surface area contributed by atoms with Crippen LogP contribution in [0, 0.1) is 0 Å². The van der Waals surface area contributed by atoms with Crippen molar-refractivity contribution in [1.82, 2.24) is 74.7 Å². The average Bonchev–Trinajstić information content (AvgIpc) is 1.67. The van der Waals surface area contributed by atoms with Crippen LogP contribution in [0.4, 0.5) is 0 Å². The number of hydrogen-bond donors (Lipinski definition) is 4. The quantitative estimate of drug-likeness (QED) is 0.0794. The molecule has 0 amide bonds. The fourth-order valence-corrected chi connectivity index (χ4v) is 8.46. The summed E-state index contributed by atoms with van der Waals surface area (Å²) in [7, 11) is 5.71. The maximum absolute atomic E-state index is 12.6. The Hall–Kier alpha value is -7.89. The van der Waals surface area contributed by atoms with E-state index in [0.717, 1.165) is 80.1 Å². The molecule has 86 heavy (non-hydrogen) atoms. The van der Waals surface area contributed by atoms with Crippen molar-refractivity contribution in [2.45, 2.75) is 178 Å². The van der Waals surface area contributed by atoms with Crippen molar-refractivity contribution < 1.29 is 45.8 Å². The van der Waals surface area contributed by atoms with E-state index < -0.39 is 91.1 Å². The molecule has 8 aromatic rings. The van der Waals surface area contributed by atoms with Crippen LogP contribution in [-0.2, 0) is 87.1 Å². The van der Waals surface area contributed by atoms with Gasteiger partial charge in [-0.15, -0.1) is 0 Å². The van der Waals surface area contributed by atoms with Crippen LogP contribution in [0.3, 0.4) is 0 Å². The third-order valence-corrected chi connectivity index (χ3v) is 12.8. The maximum Gasteiger partial charge on any atom is 0.332 e. The topological polar surface area (TPSA) is 345 Å². The van der Waals surface area contributed by atoms with Gasteiger partial charge < -0.3 is 43.5 Å². The summed E-state index contributed by atoms with van der Waals surface area (Å²) >= 11 is 0. The molecule has 0 radical (unpaired) electrons. The normalized spacial score (nSPS) is 16.1. The largest absolute Gasteiger partial charge is 0.397 e. The van der Waals surface area contributed by atoms with Gasteiger partial charge in [0.25, 0.3) is 22.2 Å². The second kappa shape index (κ2) is 34.9. The minimum Gasteiger partial charge on any atom is -0.397 e. The third kappa shape index (κ3) is 18.6. The minimum atomic E-state index is -2.58. The fourth-order valence-electron chi connectivity index (χ4n) is 8.46. The van der Waals surface area contributed by atoms with Gasteiger partial charge in [-0.25, -0.2) is 39.1 Å². The van der Waals surface area contributed by atoms with Crippen molar-refractivity contribution in [2.75, 3.05) is 6.61 Å². The van der Waals surface area contributed by atoms with Crippen molar-refractivity contribution in [2.24, 2.45) is 56.1 Å². The number of ketones is 1. The number of imidazole rings is 4. The maximum atomic E-state index is 12.6. The number of aliphatic hydroxyl groups is 4. The molecule has 0 bridgehead atoms. The number of aliphatic hydroxyl groups excluding tert-OH is 1. The first-order valence-corrected chi connectivity index (χ1v) is 26.3. The van der Waals surface area contributed by atoms with E-state index in [0.29, 0.717) is 57.8 Å². The molecule has 0 aromatic carbocycles. The highest BCUT2D eigenvalue weighted by molar-refractivity contribution is 5.75. The Labute approximate surface area is 520 Å². The molecule has 4 N–H and O–H groups in total. The number of fused-ring (bicyclic) bond motifs is 4. The first kappa shape index (κ1) is 53.6. The molecule has 8 aromatic heterocycles. The average molecular weight is 1230 g/mol. The molecule has 0 aliphatic heterocycles. The lowest BCUT2D eigenvalue weighted by Crippen LogP contribution is -2.39. The van der Waals surface area contributed by atoms with Crippen molar-refractivity contribution in [1.29, 1.82) is 0 Å². The van der Waals surface area contributed by atoms with Gasteiger partial charge >= 0.3 is 22.8 Å². The molecule has 0 aliphatic carbocycles. The van der Waals surface area contributed by atoms with Crippen LogP contribution >= 0.6 is 0 Å². The summed E-state index contributed by atoms with van der Waals surface area (Å²) in [5.74, 6) is 0.0428. The van der Waals surface area contributed by atoms with Gasteiger partial charge in [-0.3, -0.25) is 55.7 Å². The standard InChI is InChI=1S/3C13H20N4O3.C13H18N4O3.C2H6O.3CH4/c4*1-9(18)6-4-5-7-17-12(19)10-11(14-8-15(10)2)16(3)13(17)20;1-2-3;;;/h3*8-9,18H,4-7H2,1-3H3;8H,4-7H2,1-3H3;3H,2H2,1H3;3*1H4/t2*9-;;;;;;/m10....../s1/i3*2D3,9D;2D3;;;;. The molecule has 29 heteroatoms. The predicted octanol–water partition coefficient (Wildman–Crippen LogP) is 2.05. The Kier molecular flexibility index (Phi) is 21.7. The van der Waals surface area contributed by atoms with Crippen LogP contribution < -0.4 is 45.0 Å². The van der Waals surface area contributed by atoms with Crippen LogP contribution in [0.1, 0.15) is 155 Å². The van der Waals surface area contributed by atoms with Crippen LogP contribution in [-0.4, -0.2) is 126 Å². The van der Waals surface area contributed by atoms with E-state index in [1.807, 2.05) is 0 Å². The van der Waals surface area contributed by atoms with Crippen molar-refractivity contribution in [3.63, 3.8) is 0 Å². The van der Waals surface area contributed by atoms with E-state index in [1.54, 1.807) is 6.92 Å². The molecular formula is C57H96N16O13. The van der Waals surface area contributed by atoms with Crippen molar-refractivity contribution in [3.05, 3.63) is 109 Å². The van der Waals surface area contributed by atoms with Gasteiger partial charge in [-0.2, -0.15) is 0 Å². The Balaban J connectivity index is 0.000000658. The van der Waals surface area contributed by atoms with Gasteiger partial charge in [-0.05, 0) is 105 Å². The summed E-state index contributed by atoms with van der Waals surface area (Å²) in [6, 6.07) is 0. The van der Waals surface area contributed by atoms with Gasteiger partial charge in [0.2, 0.25) is 0 Å². The molecule has 0 aliphatic rings. The summed E-state index contributed by atoms with van der Waals surface area (Å²) < 4.78 is 123. The molecule has 0 fully saturated rings. The molecule has 8 heterocycles. The summed E-state index contributed by atoms with van der Waals surface area (Å²) in [4.78, 5) is 126. The number of Topliss-reactive ketones (excluding diaryl/α,β-unsaturated/α-hetero) is 1. The minimum absolute atomic E-state index is 0. The summed E-state index contributed by atoms with van der Waals surface area (Å²) in [6.45, 7) is -2.45. The Bertz CT molecular complexity index is 4270. The van der Waals surface area contributed by atoms with E-state index in [9.17, 15) is 58.5 Å². The first-order valence-electron chi connectivity index (χ1n) is 33.8. The Morgan fingerprint density at radius 1 is 0.453 bits per heavy atom. The molecule has 0 spiro atoms. The highest BCUT2D eigenvalue weighted by atomic mass is 16.3. The van der Waals surface area contributed by atoms with Crippen LogP contribution in [0.5, 0.6) is 0 Å². The zero-order chi connectivity index (χ0) is 74.9. The summed E-state index contributed by atoms with van der Waals surface area (Å²) in [6.07, 6.45) is 4.03. The highest BCUT2D eigenvalue weighted by Crippen LogP contribution is 2.09. The molecule has 1 unspecified atom stereocenters. The number of aryl methyl sites for hydroxylation is 8. The molecule has 8 rings (SSSR count). The van der Waals surface area contributed by atoms with E-state index in [4.69, 9.17) is 25.7 Å².